The molecule has 0 bridgehead atoms. The second-order valence-electron chi connectivity index (χ2n) is 8.92. The maximum absolute atomic E-state index is 6.95. The molecule has 0 aromatic carbocycles. The Hall–Kier alpha value is 0.508. The molecule has 206 valence electrons. The molecule has 0 heterocycles. The van der Waals surface area contributed by atoms with Gasteiger partial charge in [-0.2, -0.15) is 0 Å². The molecule has 0 saturated carbocycles. The van der Waals surface area contributed by atoms with Crippen molar-refractivity contribution in [3.05, 3.63) is 0 Å². The van der Waals surface area contributed by atoms with Crippen molar-refractivity contribution in [3.63, 3.8) is 0 Å². The Morgan fingerprint density at radius 3 is 0.853 bits per heavy atom. The Bertz CT molecular complexity index is 489. The van der Waals surface area contributed by atoms with Gasteiger partial charge in [0.1, 0.15) is 0 Å². The van der Waals surface area contributed by atoms with Crippen LogP contribution in [0, 0.1) is 5.92 Å². The molecule has 0 aromatic rings. The highest BCUT2D eigenvalue weighted by Gasteiger charge is 2.68. The summed E-state index contributed by atoms with van der Waals surface area (Å²) in [7, 11) is -13.4. The second kappa shape index (κ2) is 15.0. The highest BCUT2D eigenvalue weighted by Crippen LogP contribution is 2.49. The molecule has 0 spiro atoms. The molecule has 0 N–H and O–H groups in total. The smallest absolute Gasteiger partial charge is 0.374 e. The van der Waals surface area contributed by atoms with Crippen molar-refractivity contribution in [2.45, 2.75) is 93.9 Å². The average molecular weight is 561 g/mol. The van der Waals surface area contributed by atoms with Crippen LogP contribution in [-0.2, 0) is 38.9 Å². The predicted octanol–water partition coefficient (Wildman–Crippen LogP) is 5.34. The Morgan fingerprint density at radius 1 is 0.500 bits per heavy atom. The Kier molecular flexibility index (Phi) is 15.3. The van der Waals surface area contributed by atoms with Crippen LogP contribution >= 0.6 is 0 Å². The minimum Gasteiger partial charge on any atom is -0.374 e. The van der Waals surface area contributed by atoms with Gasteiger partial charge < -0.3 is 38.9 Å². The van der Waals surface area contributed by atoms with Gasteiger partial charge in [-0.25, -0.2) is 0 Å². The van der Waals surface area contributed by atoms with E-state index in [9.17, 15) is 0 Å². The van der Waals surface area contributed by atoms with E-state index in [1.54, 1.807) is 0 Å². The molecule has 0 fully saturated rings. The van der Waals surface area contributed by atoms with Gasteiger partial charge in [-0.15, -0.1) is 0 Å². The summed E-state index contributed by atoms with van der Waals surface area (Å²) in [5.41, 5.74) is 0. The quantitative estimate of drug-likeness (QED) is 0.183. The molecule has 0 aliphatic heterocycles. The summed E-state index contributed by atoms with van der Waals surface area (Å²) in [6.45, 7) is 28.2. The topological polar surface area (TPSA) is 83.1 Å². The molecule has 0 unspecified atom stereocenters. The lowest BCUT2D eigenvalue weighted by molar-refractivity contribution is 0.0254. The van der Waals surface area contributed by atoms with Gasteiger partial charge >= 0.3 is 35.2 Å². The lowest BCUT2D eigenvalue weighted by Gasteiger charge is -2.51. The van der Waals surface area contributed by atoms with Crippen LogP contribution in [0.4, 0.5) is 0 Å². The third-order valence-corrected chi connectivity index (χ3v) is 20.3. The van der Waals surface area contributed by atoms with Gasteiger partial charge in [0.05, 0.1) is 0 Å². The van der Waals surface area contributed by atoms with E-state index >= 15 is 0 Å². The fourth-order valence-corrected chi connectivity index (χ4v) is 19.6. The summed E-state index contributed by atoms with van der Waals surface area (Å²) in [5, 5.41) is -0.583. The summed E-state index contributed by atoms with van der Waals surface area (Å²) in [6.07, 6.45) is 0. The molecule has 34 heavy (non-hydrogen) atoms. The third-order valence-electron chi connectivity index (χ3n) is 5.63. The first-order valence-electron chi connectivity index (χ1n) is 12.6. The first-order chi connectivity index (χ1) is 15.7. The summed E-state index contributed by atoms with van der Waals surface area (Å²) in [6, 6.07) is 0. The molecule has 0 rings (SSSR count). The van der Waals surface area contributed by atoms with Crippen LogP contribution in [0.15, 0.2) is 0 Å². The van der Waals surface area contributed by atoms with Crippen molar-refractivity contribution in [1.29, 1.82) is 0 Å². The van der Waals surface area contributed by atoms with Crippen LogP contribution in [0.2, 0.25) is 24.7 Å². The molecular weight excluding hydrogens is 509 g/mol. The van der Waals surface area contributed by atoms with Gasteiger partial charge in [0.25, 0.3) is 0 Å². The Labute approximate surface area is 213 Å². The van der Waals surface area contributed by atoms with E-state index in [-0.39, 0.29) is 5.92 Å². The van der Waals surface area contributed by atoms with Crippen molar-refractivity contribution in [2.24, 2.45) is 5.92 Å². The zero-order chi connectivity index (χ0) is 26.7. The summed E-state index contributed by atoms with van der Waals surface area (Å²) in [5.74, 6) is 0.115. The molecule has 0 aliphatic rings. The van der Waals surface area contributed by atoms with Gasteiger partial charge in [-0.05, 0) is 47.5 Å². The molecule has 0 atom stereocenters. The van der Waals surface area contributed by atoms with Gasteiger partial charge in [0.2, 0.25) is 0 Å². The Balaban J connectivity index is 7.07. The van der Waals surface area contributed by atoms with Crippen LogP contribution in [0.3, 0.4) is 0 Å². The van der Waals surface area contributed by atoms with Crippen LogP contribution in [0.1, 0.15) is 69.2 Å². The molecule has 0 aromatic heterocycles. The van der Waals surface area contributed by atoms with Gasteiger partial charge in [0.15, 0.2) is 0 Å². The average Bonchev–Trinajstić information content (AvgIpc) is 2.68. The first-order valence-corrected chi connectivity index (χ1v) is 21.0. The molecular formula is C21H52O9Si4. The Morgan fingerprint density at radius 2 is 0.706 bits per heavy atom. The van der Waals surface area contributed by atoms with Crippen LogP contribution < -0.4 is 0 Å². The number of rotatable bonds is 20. The van der Waals surface area contributed by atoms with E-state index in [4.69, 9.17) is 38.9 Å². The third kappa shape index (κ3) is 9.76. The normalized spacial score (nSPS) is 14.3. The van der Waals surface area contributed by atoms with Crippen LogP contribution in [0.5, 0.6) is 0 Å². The fourth-order valence-electron chi connectivity index (χ4n) is 3.42. The van der Waals surface area contributed by atoms with Gasteiger partial charge in [-0.3, -0.25) is 0 Å². The molecule has 0 radical (unpaired) electrons. The van der Waals surface area contributed by atoms with Crippen molar-refractivity contribution in [2.75, 3.05) is 39.6 Å². The molecule has 0 saturated heterocycles. The zero-order valence-electron chi connectivity index (χ0n) is 24.0. The molecule has 0 amide bonds. The van der Waals surface area contributed by atoms with E-state index in [0.29, 0.717) is 39.6 Å². The monoisotopic (exact) mass is 560 g/mol. The molecule has 13 heteroatoms. The molecule has 9 nitrogen and oxygen atoms in total. The standard InChI is InChI=1S/C21H52O9Si4/c1-14-22-31(11,23-15-2)28-34(21(9,10)20(7)8,29-32(12,24-16-3)25-17-4)30-33(13,26-18-5)27-19-6/h20H,14-19H2,1-13H3. The number of hydrogen-bond donors (Lipinski definition) is 0. The van der Waals surface area contributed by atoms with Crippen molar-refractivity contribution in [3.8, 4) is 0 Å². The minimum atomic E-state index is -3.78. The van der Waals surface area contributed by atoms with E-state index in [0.717, 1.165) is 0 Å². The minimum absolute atomic E-state index is 0.115. The highest BCUT2D eigenvalue weighted by molar-refractivity contribution is 6.86. The fraction of sp³-hybridized carbons (Fsp3) is 1.00. The predicted molar refractivity (Wildman–Crippen MR) is 142 cm³/mol. The maximum Gasteiger partial charge on any atom is 0.490 e. The lowest BCUT2D eigenvalue weighted by Crippen LogP contribution is -2.71. The summed E-state index contributed by atoms with van der Waals surface area (Å²) in [4.78, 5) is 0. The van der Waals surface area contributed by atoms with Crippen LogP contribution in [-0.4, -0.2) is 74.9 Å². The van der Waals surface area contributed by atoms with Crippen molar-refractivity contribution < 1.29 is 38.9 Å². The van der Waals surface area contributed by atoms with Crippen LogP contribution in [0.25, 0.3) is 0 Å². The van der Waals surface area contributed by atoms with Crippen molar-refractivity contribution in [1.82, 2.24) is 0 Å². The number of hydrogen-bond acceptors (Lipinski definition) is 9. The van der Waals surface area contributed by atoms with Gasteiger partial charge in [-0.1, -0.05) is 27.7 Å². The van der Waals surface area contributed by atoms with Gasteiger partial charge in [0, 0.05) is 64.3 Å². The van der Waals surface area contributed by atoms with Crippen molar-refractivity contribution >= 4 is 35.2 Å². The summed E-state index contributed by atoms with van der Waals surface area (Å²) >= 11 is 0. The maximum atomic E-state index is 6.95. The first kappa shape index (κ1) is 34.5. The molecule has 0 aliphatic carbocycles. The largest absolute Gasteiger partial charge is 0.490 e. The van der Waals surface area contributed by atoms with E-state index in [2.05, 4.69) is 27.7 Å². The van der Waals surface area contributed by atoms with E-state index in [1.807, 2.05) is 61.2 Å². The lowest BCUT2D eigenvalue weighted by atomic mass is 9.99. The second-order valence-corrected chi connectivity index (χ2v) is 20.7. The van der Waals surface area contributed by atoms with E-state index in [1.165, 1.54) is 0 Å². The SMILES string of the molecule is CCO[Si](C)(OCC)O[Si](O[Si](C)(OCC)OCC)(O[Si](C)(OCC)OCC)C(C)(C)C(C)C. The summed E-state index contributed by atoms with van der Waals surface area (Å²) < 4.78 is 57.5. The van der Waals surface area contributed by atoms with E-state index < -0.39 is 40.3 Å². The zero-order valence-corrected chi connectivity index (χ0v) is 28.0. The highest BCUT2D eigenvalue weighted by atomic mass is 28.5.